The van der Waals surface area contributed by atoms with E-state index in [4.69, 9.17) is 0 Å². The van der Waals surface area contributed by atoms with Crippen molar-refractivity contribution >= 4 is 0 Å². The van der Waals surface area contributed by atoms with E-state index >= 15 is 0 Å². The third kappa shape index (κ3) is 2.09. The third-order valence-electron chi connectivity index (χ3n) is 3.25. The minimum atomic E-state index is -0.715. The molecule has 88 valence electrons. The molecule has 0 radical (unpaired) electrons. The van der Waals surface area contributed by atoms with Crippen LogP contribution < -0.4 is 5.32 Å². The van der Waals surface area contributed by atoms with Gasteiger partial charge in [-0.25, -0.2) is 8.78 Å². The second-order valence-corrected chi connectivity index (χ2v) is 4.75. The van der Waals surface area contributed by atoms with Crippen molar-refractivity contribution in [3.63, 3.8) is 0 Å². The van der Waals surface area contributed by atoms with E-state index in [1.807, 2.05) is 19.9 Å². The van der Waals surface area contributed by atoms with Crippen LogP contribution in [0.25, 0.3) is 0 Å². The second kappa shape index (κ2) is 4.50. The van der Waals surface area contributed by atoms with Gasteiger partial charge in [-0.05, 0) is 36.1 Å². The Hall–Kier alpha value is -0.960. The number of hydrogen-bond donors (Lipinski definition) is 1. The number of rotatable bonds is 2. The van der Waals surface area contributed by atoms with Crippen molar-refractivity contribution in [3.8, 4) is 0 Å². The Morgan fingerprint density at radius 1 is 1.31 bits per heavy atom. The Morgan fingerprint density at radius 3 is 2.62 bits per heavy atom. The van der Waals surface area contributed by atoms with Gasteiger partial charge in [0.05, 0.1) is 0 Å². The van der Waals surface area contributed by atoms with Crippen LogP contribution in [0.15, 0.2) is 12.1 Å². The second-order valence-electron chi connectivity index (χ2n) is 4.75. The van der Waals surface area contributed by atoms with Gasteiger partial charge in [-0.3, -0.25) is 0 Å². The molecular formula is C13H17F2N. The van der Waals surface area contributed by atoms with Gasteiger partial charge in [0.1, 0.15) is 0 Å². The van der Waals surface area contributed by atoms with Crippen molar-refractivity contribution < 1.29 is 8.78 Å². The molecule has 1 nitrogen and oxygen atoms in total. The number of benzene rings is 1. The quantitative estimate of drug-likeness (QED) is 0.815. The molecule has 1 aliphatic rings. The minimum Gasteiger partial charge on any atom is -0.316 e. The van der Waals surface area contributed by atoms with Crippen LogP contribution in [-0.2, 0) is 0 Å². The van der Waals surface area contributed by atoms with Crippen LogP contribution in [0.4, 0.5) is 8.78 Å². The topological polar surface area (TPSA) is 12.0 Å². The highest BCUT2D eigenvalue weighted by atomic mass is 19.2. The lowest BCUT2D eigenvalue weighted by Crippen LogP contribution is -2.10. The first kappa shape index (κ1) is 11.5. The van der Waals surface area contributed by atoms with Gasteiger partial charge in [0, 0.05) is 12.5 Å². The maximum absolute atomic E-state index is 13.7. The van der Waals surface area contributed by atoms with Crippen molar-refractivity contribution in [2.75, 3.05) is 13.1 Å². The van der Waals surface area contributed by atoms with Gasteiger partial charge in [-0.1, -0.05) is 19.9 Å². The van der Waals surface area contributed by atoms with Gasteiger partial charge in [0.25, 0.3) is 0 Å². The molecule has 1 fully saturated rings. The summed E-state index contributed by atoms with van der Waals surface area (Å²) in [5.41, 5.74) is 1.41. The molecule has 1 aromatic rings. The van der Waals surface area contributed by atoms with E-state index < -0.39 is 11.6 Å². The van der Waals surface area contributed by atoms with Crippen LogP contribution in [0.3, 0.4) is 0 Å². The standard InChI is InChI=1S/C13H17F2N/c1-8(2)10-5-11(9-3-4-16-7-9)13(15)12(14)6-10/h5-6,8-9,16H,3-4,7H2,1-2H3. The first-order valence-corrected chi connectivity index (χ1v) is 5.79. The average molecular weight is 225 g/mol. The van der Waals surface area contributed by atoms with Crippen LogP contribution in [0.2, 0.25) is 0 Å². The fourth-order valence-corrected chi connectivity index (χ4v) is 2.18. The number of hydrogen-bond acceptors (Lipinski definition) is 1. The zero-order valence-electron chi connectivity index (χ0n) is 9.69. The average Bonchev–Trinajstić information content (AvgIpc) is 2.74. The summed E-state index contributed by atoms with van der Waals surface area (Å²) in [7, 11) is 0. The summed E-state index contributed by atoms with van der Waals surface area (Å²) in [6, 6.07) is 3.13. The van der Waals surface area contributed by atoms with Crippen LogP contribution in [0.5, 0.6) is 0 Å². The molecule has 0 spiro atoms. The fraction of sp³-hybridized carbons (Fsp3) is 0.538. The fourth-order valence-electron chi connectivity index (χ4n) is 2.18. The molecule has 0 aliphatic carbocycles. The smallest absolute Gasteiger partial charge is 0.162 e. The van der Waals surface area contributed by atoms with Crippen LogP contribution >= 0.6 is 0 Å². The van der Waals surface area contributed by atoms with Crippen LogP contribution in [-0.4, -0.2) is 13.1 Å². The molecule has 1 N–H and O–H groups in total. The van der Waals surface area contributed by atoms with Crippen molar-refractivity contribution in [1.82, 2.24) is 5.32 Å². The summed E-state index contributed by atoms with van der Waals surface area (Å²) in [5.74, 6) is -1.04. The first-order chi connectivity index (χ1) is 7.59. The Labute approximate surface area is 94.9 Å². The third-order valence-corrected chi connectivity index (χ3v) is 3.25. The van der Waals surface area contributed by atoms with Crippen molar-refractivity contribution in [3.05, 3.63) is 34.9 Å². The summed E-state index contributed by atoms with van der Waals surface area (Å²) < 4.78 is 27.2. The largest absolute Gasteiger partial charge is 0.316 e. The number of nitrogens with one attached hydrogen (secondary N) is 1. The monoisotopic (exact) mass is 225 g/mol. The Bertz CT molecular complexity index is 382. The summed E-state index contributed by atoms with van der Waals surface area (Å²) in [4.78, 5) is 0. The molecule has 0 aromatic heterocycles. The molecule has 1 heterocycles. The van der Waals surface area contributed by atoms with Gasteiger partial charge in [0.2, 0.25) is 0 Å². The van der Waals surface area contributed by atoms with Crippen LogP contribution in [0.1, 0.15) is 43.2 Å². The Morgan fingerprint density at radius 2 is 2.06 bits per heavy atom. The zero-order valence-corrected chi connectivity index (χ0v) is 9.69. The molecule has 16 heavy (non-hydrogen) atoms. The van der Waals surface area contributed by atoms with E-state index in [2.05, 4.69) is 5.32 Å². The maximum atomic E-state index is 13.7. The van der Waals surface area contributed by atoms with Gasteiger partial charge in [-0.2, -0.15) is 0 Å². The normalized spacial score (nSPS) is 20.7. The highest BCUT2D eigenvalue weighted by molar-refractivity contribution is 5.31. The lowest BCUT2D eigenvalue weighted by molar-refractivity contribution is 0.488. The molecule has 3 heteroatoms. The number of halogens is 2. The van der Waals surface area contributed by atoms with E-state index in [1.54, 1.807) is 0 Å². The molecule has 1 aromatic carbocycles. The van der Waals surface area contributed by atoms with E-state index in [0.717, 1.165) is 25.1 Å². The molecule has 1 atom stereocenters. The van der Waals surface area contributed by atoms with E-state index in [-0.39, 0.29) is 11.8 Å². The van der Waals surface area contributed by atoms with E-state index in [9.17, 15) is 8.78 Å². The van der Waals surface area contributed by atoms with Gasteiger partial charge in [0.15, 0.2) is 11.6 Å². The van der Waals surface area contributed by atoms with Crippen molar-refractivity contribution in [2.45, 2.75) is 32.1 Å². The molecule has 0 amide bonds. The zero-order chi connectivity index (χ0) is 11.7. The minimum absolute atomic E-state index is 0.119. The summed E-state index contributed by atoms with van der Waals surface area (Å²) in [6.07, 6.45) is 0.887. The molecule has 0 saturated carbocycles. The highest BCUT2D eigenvalue weighted by Gasteiger charge is 2.23. The molecule has 1 saturated heterocycles. The summed E-state index contributed by atoms with van der Waals surface area (Å²) >= 11 is 0. The summed E-state index contributed by atoms with van der Waals surface area (Å²) in [5, 5.41) is 3.18. The lowest BCUT2D eigenvalue weighted by Gasteiger charge is -2.14. The van der Waals surface area contributed by atoms with Crippen molar-refractivity contribution in [1.29, 1.82) is 0 Å². The van der Waals surface area contributed by atoms with E-state index in [0.29, 0.717) is 5.56 Å². The molecule has 1 unspecified atom stereocenters. The molecular weight excluding hydrogens is 208 g/mol. The van der Waals surface area contributed by atoms with Crippen LogP contribution in [0, 0.1) is 11.6 Å². The lowest BCUT2D eigenvalue weighted by atomic mass is 9.92. The summed E-state index contributed by atoms with van der Waals surface area (Å²) in [6.45, 7) is 5.61. The highest BCUT2D eigenvalue weighted by Crippen LogP contribution is 2.29. The predicted octanol–water partition coefficient (Wildman–Crippen LogP) is 3.17. The Balaban J connectivity index is 2.41. The van der Waals surface area contributed by atoms with Crippen molar-refractivity contribution in [2.24, 2.45) is 0 Å². The van der Waals surface area contributed by atoms with Gasteiger partial charge in [-0.15, -0.1) is 0 Å². The molecule has 1 aliphatic heterocycles. The van der Waals surface area contributed by atoms with Gasteiger partial charge < -0.3 is 5.32 Å². The van der Waals surface area contributed by atoms with E-state index in [1.165, 1.54) is 6.07 Å². The maximum Gasteiger partial charge on any atom is 0.162 e. The molecule has 2 rings (SSSR count). The predicted molar refractivity (Wildman–Crippen MR) is 60.7 cm³/mol. The first-order valence-electron chi connectivity index (χ1n) is 5.79. The van der Waals surface area contributed by atoms with Gasteiger partial charge >= 0.3 is 0 Å². The SMILES string of the molecule is CC(C)c1cc(F)c(F)c(C2CCNC2)c1. The Kier molecular flexibility index (Phi) is 3.24. The molecule has 0 bridgehead atoms.